The van der Waals surface area contributed by atoms with E-state index in [9.17, 15) is 9.59 Å². The average molecular weight is 472 g/mol. The van der Waals surface area contributed by atoms with E-state index in [0.29, 0.717) is 22.3 Å². The second-order valence-corrected chi connectivity index (χ2v) is 8.45. The Balaban J connectivity index is 1.90. The molecule has 1 atom stereocenters. The Morgan fingerprint density at radius 1 is 0.914 bits per heavy atom. The molecule has 0 bridgehead atoms. The third-order valence-corrected chi connectivity index (χ3v) is 6.03. The van der Waals surface area contributed by atoms with Gasteiger partial charge in [0.1, 0.15) is 22.9 Å². The zero-order valence-electron chi connectivity index (χ0n) is 20.4. The van der Waals surface area contributed by atoms with Crippen LogP contribution in [0.4, 0.5) is 0 Å². The number of nitrogens with zero attached hydrogens (tertiary/aromatic N) is 3. The van der Waals surface area contributed by atoms with Crippen LogP contribution in [0, 0.1) is 0 Å². The van der Waals surface area contributed by atoms with Crippen molar-refractivity contribution in [1.82, 2.24) is 25.9 Å². The SMILES string of the molecule is CCCc1ccc(-c2nc(C(=O)NC(C)C(=O)NC)c(-c3ccc(CC)cc3)c3nonc23)cc1. The fraction of sp³-hybridized carbons (Fsp3) is 0.296. The smallest absolute Gasteiger partial charge is 0.271 e. The van der Waals surface area contributed by atoms with Gasteiger partial charge in [-0.3, -0.25) is 9.59 Å². The standard InChI is InChI=1S/C27H29N5O3/c1-5-7-18-10-14-20(15-11-18)22-25-23(31-35-32-25)21(19-12-8-17(6-2)9-13-19)24(30-22)27(34)29-16(3)26(33)28-4/h8-16H,5-7H2,1-4H3,(H,28,33)(H,29,34). The average Bonchev–Trinajstić information content (AvgIpc) is 3.38. The molecule has 8 heteroatoms. The van der Waals surface area contributed by atoms with Crippen molar-refractivity contribution in [3.8, 4) is 22.4 Å². The molecular formula is C27H29N5O3. The summed E-state index contributed by atoms with van der Waals surface area (Å²) in [5.74, 6) is -0.785. The van der Waals surface area contributed by atoms with E-state index in [1.54, 1.807) is 6.92 Å². The Labute approximate surface area is 204 Å². The van der Waals surface area contributed by atoms with Gasteiger partial charge >= 0.3 is 0 Å². The van der Waals surface area contributed by atoms with Crippen LogP contribution < -0.4 is 10.6 Å². The van der Waals surface area contributed by atoms with Crippen molar-refractivity contribution >= 4 is 22.8 Å². The highest BCUT2D eigenvalue weighted by molar-refractivity contribution is 6.09. The molecule has 2 aromatic heterocycles. The first-order valence-electron chi connectivity index (χ1n) is 11.8. The van der Waals surface area contributed by atoms with Crippen LogP contribution >= 0.6 is 0 Å². The number of carbonyl (C=O) groups is 2. The molecule has 0 aliphatic rings. The van der Waals surface area contributed by atoms with Gasteiger partial charge in [0.15, 0.2) is 5.52 Å². The van der Waals surface area contributed by atoms with Crippen LogP contribution in [0.2, 0.25) is 0 Å². The lowest BCUT2D eigenvalue weighted by molar-refractivity contribution is -0.122. The summed E-state index contributed by atoms with van der Waals surface area (Å²) >= 11 is 0. The third kappa shape index (κ3) is 4.91. The molecule has 4 aromatic rings. The van der Waals surface area contributed by atoms with Gasteiger partial charge in [0.05, 0.1) is 0 Å². The lowest BCUT2D eigenvalue weighted by Gasteiger charge is -2.16. The zero-order valence-corrected chi connectivity index (χ0v) is 20.4. The molecule has 0 radical (unpaired) electrons. The molecule has 0 spiro atoms. The normalized spacial score (nSPS) is 11.9. The zero-order chi connectivity index (χ0) is 24.9. The number of likely N-dealkylation sites (N-methyl/N-ethyl adjacent to an activating group) is 1. The first-order chi connectivity index (χ1) is 17.0. The summed E-state index contributed by atoms with van der Waals surface area (Å²) < 4.78 is 5.13. The van der Waals surface area contributed by atoms with E-state index in [-0.39, 0.29) is 11.6 Å². The van der Waals surface area contributed by atoms with Crippen molar-refractivity contribution in [2.75, 3.05) is 7.05 Å². The highest BCUT2D eigenvalue weighted by atomic mass is 16.6. The van der Waals surface area contributed by atoms with E-state index in [1.807, 2.05) is 48.5 Å². The summed E-state index contributed by atoms with van der Waals surface area (Å²) in [5, 5.41) is 13.6. The van der Waals surface area contributed by atoms with Crippen LogP contribution in [0.1, 0.15) is 48.8 Å². The number of amides is 2. The van der Waals surface area contributed by atoms with Crippen molar-refractivity contribution in [1.29, 1.82) is 0 Å². The molecule has 2 N–H and O–H groups in total. The molecule has 0 saturated heterocycles. The molecule has 35 heavy (non-hydrogen) atoms. The van der Waals surface area contributed by atoms with Gasteiger partial charge in [-0.1, -0.05) is 68.8 Å². The maximum Gasteiger partial charge on any atom is 0.271 e. The summed E-state index contributed by atoms with van der Waals surface area (Å²) in [6.07, 6.45) is 2.92. The fourth-order valence-electron chi connectivity index (χ4n) is 4.05. The minimum Gasteiger partial charge on any atom is -0.357 e. The number of nitrogens with one attached hydrogen (secondary N) is 2. The molecule has 0 aliphatic carbocycles. The first-order valence-corrected chi connectivity index (χ1v) is 11.8. The number of pyridine rings is 1. The number of hydrogen-bond acceptors (Lipinski definition) is 6. The van der Waals surface area contributed by atoms with E-state index in [1.165, 1.54) is 18.2 Å². The minimum absolute atomic E-state index is 0.154. The molecule has 0 saturated carbocycles. The van der Waals surface area contributed by atoms with Crippen molar-refractivity contribution in [3.05, 3.63) is 65.4 Å². The second kappa shape index (κ2) is 10.5. The quantitative estimate of drug-likeness (QED) is 0.396. The molecule has 8 nitrogen and oxygen atoms in total. The molecular weight excluding hydrogens is 442 g/mol. The summed E-state index contributed by atoms with van der Waals surface area (Å²) in [5.41, 5.74) is 6.02. The maximum atomic E-state index is 13.4. The van der Waals surface area contributed by atoms with Crippen LogP contribution in [0.25, 0.3) is 33.4 Å². The van der Waals surface area contributed by atoms with E-state index in [4.69, 9.17) is 9.61 Å². The molecule has 0 aliphatic heterocycles. The number of aromatic nitrogens is 3. The maximum absolute atomic E-state index is 13.4. The number of fused-ring (bicyclic) bond motifs is 1. The monoisotopic (exact) mass is 471 g/mol. The topological polar surface area (TPSA) is 110 Å². The first kappa shape index (κ1) is 24.1. The van der Waals surface area contributed by atoms with Crippen LogP contribution in [0.3, 0.4) is 0 Å². The largest absolute Gasteiger partial charge is 0.357 e. The van der Waals surface area contributed by atoms with Gasteiger partial charge < -0.3 is 10.6 Å². The van der Waals surface area contributed by atoms with Gasteiger partial charge in [0.2, 0.25) is 5.91 Å². The lowest BCUT2D eigenvalue weighted by atomic mass is 9.97. The minimum atomic E-state index is -0.743. The predicted octanol–water partition coefficient (Wildman–Crippen LogP) is 4.33. The number of rotatable bonds is 8. The Kier molecular flexibility index (Phi) is 7.19. The van der Waals surface area contributed by atoms with E-state index in [2.05, 4.69) is 34.8 Å². The van der Waals surface area contributed by atoms with Gasteiger partial charge in [0, 0.05) is 18.2 Å². The van der Waals surface area contributed by atoms with Crippen molar-refractivity contribution < 1.29 is 14.2 Å². The molecule has 2 aromatic carbocycles. The summed E-state index contributed by atoms with van der Waals surface area (Å²) in [4.78, 5) is 30.3. The molecule has 2 heterocycles. The Morgan fingerprint density at radius 3 is 2.17 bits per heavy atom. The van der Waals surface area contributed by atoms with Gasteiger partial charge in [-0.05, 0) is 46.8 Å². The molecule has 0 fully saturated rings. The van der Waals surface area contributed by atoms with Crippen LogP contribution in [0.15, 0.2) is 53.2 Å². The van der Waals surface area contributed by atoms with Crippen molar-refractivity contribution in [2.24, 2.45) is 0 Å². The molecule has 4 rings (SSSR count). The van der Waals surface area contributed by atoms with Crippen molar-refractivity contribution in [3.63, 3.8) is 0 Å². The molecule has 180 valence electrons. The number of carbonyl (C=O) groups excluding carboxylic acids is 2. The van der Waals surface area contributed by atoms with Gasteiger partial charge in [-0.25, -0.2) is 9.61 Å². The van der Waals surface area contributed by atoms with Gasteiger partial charge in [0.25, 0.3) is 5.91 Å². The van der Waals surface area contributed by atoms with Gasteiger partial charge in [-0.15, -0.1) is 0 Å². The van der Waals surface area contributed by atoms with Crippen LogP contribution in [0.5, 0.6) is 0 Å². The Hall–Kier alpha value is -4.07. The number of benzene rings is 2. The lowest BCUT2D eigenvalue weighted by Crippen LogP contribution is -2.44. The van der Waals surface area contributed by atoms with E-state index >= 15 is 0 Å². The van der Waals surface area contributed by atoms with E-state index in [0.717, 1.165) is 30.4 Å². The Morgan fingerprint density at radius 2 is 1.54 bits per heavy atom. The highest BCUT2D eigenvalue weighted by Crippen LogP contribution is 2.35. The van der Waals surface area contributed by atoms with Gasteiger partial charge in [-0.2, -0.15) is 0 Å². The third-order valence-electron chi connectivity index (χ3n) is 6.03. The Bertz CT molecular complexity index is 1340. The summed E-state index contributed by atoms with van der Waals surface area (Å²) in [7, 11) is 1.53. The molecule has 1 unspecified atom stereocenters. The van der Waals surface area contributed by atoms with Crippen LogP contribution in [-0.4, -0.2) is 40.2 Å². The predicted molar refractivity (Wildman–Crippen MR) is 135 cm³/mol. The number of hydrogen-bond donors (Lipinski definition) is 2. The molecule has 2 amide bonds. The fourth-order valence-corrected chi connectivity index (χ4v) is 4.05. The summed E-state index contributed by atoms with van der Waals surface area (Å²) in [6, 6.07) is 15.2. The second-order valence-electron chi connectivity index (χ2n) is 8.45. The summed E-state index contributed by atoms with van der Waals surface area (Å²) in [6.45, 7) is 5.84. The van der Waals surface area contributed by atoms with Crippen LogP contribution in [-0.2, 0) is 17.6 Å². The van der Waals surface area contributed by atoms with E-state index < -0.39 is 11.9 Å². The number of aryl methyl sites for hydroxylation is 2. The highest BCUT2D eigenvalue weighted by Gasteiger charge is 2.26. The van der Waals surface area contributed by atoms with Crippen molar-refractivity contribution in [2.45, 2.75) is 46.1 Å².